The summed E-state index contributed by atoms with van der Waals surface area (Å²) in [6, 6.07) is 0. The number of hydrogen-bond acceptors (Lipinski definition) is 2. The first-order valence-electron chi connectivity index (χ1n) is 6.65. The van der Waals surface area contributed by atoms with Crippen molar-refractivity contribution in [1.29, 1.82) is 0 Å². The fourth-order valence-electron chi connectivity index (χ4n) is 3.10. The summed E-state index contributed by atoms with van der Waals surface area (Å²) in [6.07, 6.45) is 5.60. The van der Waals surface area contributed by atoms with E-state index in [2.05, 4.69) is 24.1 Å². The molecule has 2 heterocycles. The molecule has 0 bridgehead atoms. The Balaban J connectivity index is 0.00000128. The molecule has 2 aliphatic heterocycles. The number of rotatable bonds is 3. The predicted molar refractivity (Wildman–Crippen MR) is 72.3 cm³/mol. The van der Waals surface area contributed by atoms with Crippen molar-refractivity contribution in [3.8, 4) is 0 Å². The van der Waals surface area contributed by atoms with Crippen molar-refractivity contribution in [2.75, 3.05) is 32.7 Å². The summed E-state index contributed by atoms with van der Waals surface area (Å²) in [7, 11) is 0. The van der Waals surface area contributed by atoms with E-state index in [9.17, 15) is 0 Å². The van der Waals surface area contributed by atoms with Crippen LogP contribution in [0.3, 0.4) is 0 Å². The van der Waals surface area contributed by atoms with Gasteiger partial charge in [0, 0.05) is 13.1 Å². The lowest BCUT2D eigenvalue weighted by molar-refractivity contribution is 0.127. The highest BCUT2D eigenvalue weighted by molar-refractivity contribution is 5.85. The van der Waals surface area contributed by atoms with E-state index in [4.69, 9.17) is 0 Å². The van der Waals surface area contributed by atoms with Gasteiger partial charge >= 0.3 is 0 Å². The Morgan fingerprint density at radius 3 is 2.50 bits per heavy atom. The van der Waals surface area contributed by atoms with E-state index in [1.807, 2.05) is 0 Å². The molecule has 2 saturated heterocycles. The second-order valence-electron chi connectivity index (χ2n) is 5.87. The van der Waals surface area contributed by atoms with Gasteiger partial charge in [0.2, 0.25) is 0 Å². The fraction of sp³-hybridized carbons (Fsp3) is 1.00. The van der Waals surface area contributed by atoms with Crippen molar-refractivity contribution in [1.82, 2.24) is 10.2 Å². The molecule has 2 aliphatic rings. The van der Waals surface area contributed by atoms with Gasteiger partial charge in [-0.25, -0.2) is 0 Å². The number of nitrogens with one attached hydrogen (secondary N) is 1. The van der Waals surface area contributed by atoms with E-state index >= 15 is 0 Å². The van der Waals surface area contributed by atoms with Crippen LogP contribution in [0.1, 0.15) is 39.5 Å². The van der Waals surface area contributed by atoms with Gasteiger partial charge < -0.3 is 10.2 Å². The zero-order valence-electron chi connectivity index (χ0n) is 10.8. The summed E-state index contributed by atoms with van der Waals surface area (Å²) in [5.74, 6) is 1.01. The normalized spacial score (nSPS) is 32.6. The molecule has 0 aromatic carbocycles. The third-order valence-corrected chi connectivity index (χ3v) is 4.35. The summed E-state index contributed by atoms with van der Waals surface area (Å²) in [4.78, 5) is 2.69. The Morgan fingerprint density at radius 1 is 1.31 bits per heavy atom. The number of likely N-dealkylation sites (tertiary alicyclic amines) is 1. The lowest BCUT2D eigenvalue weighted by atomic mass is 9.87. The molecule has 0 spiro atoms. The van der Waals surface area contributed by atoms with Gasteiger partial charge in [-0.15, -0.1) is 12.4 Å². The maximum absolute atomic E-state index is 3.50. The van der Waals surface area contributed by atoms with Crippen LogP contribution in [-0.2, 0) is 0 Å². The van der Waals surface area contributed by atoms with Gasteiger partial charge in [-0.2, -0.15) is 0 Å². The largest absolute Gasteiger partial charge is 0.316 e. The minimum absolute atomic E-state index is 0. The van der Waals surface area contributed by atoms with E-state index < -0.39 is 0 Å². The third kappa shape index (κ3) is 3.61. The molecule has 2 rings (SSSR count). The third-order valence-electron chi connectivity index (χ3n) is 4.35. The van der Waals surface area contributed by atoms with Crippen molar-refractivity contribution in [2.45, 2.75) is 39.5 Å². The Hall–Kier alpha value is 0.210. The smallest absolute Gasteiger partial charge is 0.00480 e. The van der Waals surface area contributed by atoms with Crippen LogP contribution in [0.4, 0.5) is 0 Å². The molecular weight excluding hydrogens is 220 g/mol. The van der Waals surface area contributed by atoms with Gasteiger partial charge in [-0.05, 0) is 50.2 Å². The zero-order chi connectivity index (χ0) is 10.7. The lowest BCUT2D eigenvalue weighted by Gasteiger charge is -2.36. The van der Waals surface area contributed by atoms with Gasteiger partial charge in [0.1, 0.15) is 0 Å². The van der Waals surface area contributed by atoms with Crippen molar-refractivity contribution in [2.24, 2.45) is 11.3 Å². The first kappa shape index (κ1) is 14.3. The molecule has 1 N–H and O–H groups in total. The summed E-state index contributed by atoms with van der Waals surface area (Å²) >= 11 is 0. The molecule has 1 atom stereocenters. The van der Waals surface area contributed by atoms with E-state index in [1.54, 1.807) is 0 Å². The van der Waals surface area contributed by atoms with Gasteiger partial charge in [-0.1, -0.05) is 20.3 Å². The van der Waals surface area contributed by atoms with E-state index in [0.717, 1.165) is 5.92 Å². The van der Waals surface area contributed by atoms with Gasteiger partial charge in [0.25, 0.3) is 0 Å². The number of halogens is 1. The molecule has 0 saturated carbocycles. The first-order valence-corrected chi connectivity index (χ1v) is 6.65. The van der Waals surface area contributed by atoms with Crippen LogP contribution in [0.2, 0.25) is 0 Å². The van der Waals surface area contributed by atoms with Crippen LogP contribution in [0.5, 0.6) is 0 Å². The second-order valence-corrected chi connectivity index (χ2v) is 5.87. The molecule has 96 valence electrons. The summed E-state index contributed by atoms with van der Waals surface area (Å²) in [6.45, 7) is 11.2. The lowest BCUT2D eigenvalue weighted by Crippen LogP contribution is -2.41. The maximum atomic E-state index is 3.50. The quantitative estimate of drug-likeness (QED) is 0.824. The fourth-order valence-corrected chi connectivity index (χ4v) is 3.10. The monoisotopic (exact) mass is 246 g/mol. The number of piperidine rings is 1. The summed E-state index contributed by atoms with van der Waals surface area (Å²) < 4.78 is 0. The minimum Gasteiger partial charge on any atom is -0.316 e. The van der Waals surface area contributed by atoms with Crippen molar-refractivity contribution in [3.05, 3.63) is 0 Å². The van der Waals surface area contributed by atoms with Gasteiger partial charge in [0.05, 0.1) is 0 Å². The second kappa shape index (κ2) is 6.23. The Kier molecular flexibility index (Phi) is 5.55. The maximum Gasteiger partial charge on any atom is 0.00480 e. The molecule has 2 nitrogen and oxygen atoms in total. The van der Waals surface area contributed by atoms with E-state index in [1.165, 1.54) is 58.4 Å². The average Bonchev–Trinajstić information content (AvgIpc) is 2.66. The van der Waals surface area contributed by atoms with Crippen LogP contribution in [0, 0.1) is 11.3 Å². The van der Waals surface area contributed by atoms with Gasteiger partial charge in [0.15, 0.2) is 0 Å². The van der Waals surface area contributed by atoms with Crippen LogP contribution in [0.15, 0.2) is 0 Å². The van der Waals surface area contributed by atoms with Crippen LogP contribution in [-0.4, -0.2) is 37.6 Å². The molecule has 0 aromatic heterocycles. The molecule has 0 aliphatic carbocycles. The average molecular weight is 247 g/mol. The van der Waals surface area contributed by atoms with Crippen molar-refractivity contribution < 1.29 is 0 Å². The minimum atomic E-state index is 0. The molecule has 0 amide bonds. The van der Waals surface area contributed by atoms with Crippen molar-refractivity contribution in [3.63, 3.8) is 0 Å². The molecule has 0 aromatic rings. The molecule has 16 heavy (non-hydrogen) atoms. The molecular formula is C13H27ClN2. The Bertz CT molecular complexity index is 194. The number of nitrogens with zero attached hydrogens (tertiary/aromatic N) is 1. The summed E-state index contributed by atoms with van der Waals surface area (Å²) in [5, 5.41) is 3.50. The number of hydrogen-bond donors (Lipinski definition) is 1. The Labute approximate surface area is 107 Å². The first-order chi connectivity index (χ1) is 7.22. The molecule has 2 fully saturated rings. The summed E-state index contributed by atoms with van der Waals surface area (Å²) in [5.41, 5.74) is 0.555. The topological polar surface area (TPSA) is 15.3 Å². The van der Waals surface area contributed by atoms with E-state index in [-0.39, 0.29) is 12.4 Å². The van der Waals surface area contributed by atoms with Crippen LogP contribution in [0.25, 0.3) is 0 Å². The standard InChI is InChI=1S/C13H26N2.ClH/c1-3-12-4-8-15(9-5-12)11-13(2)6-7-14-10-13;/h12,14H,3-11H2,1-2H3;1H. The molecule has 1 unspecified atom stereocenters. The molecule has 0 radical (unpaired) electrons. The van der Waals surface area contributed by atoms with Crippen LogP contribution >= 0.6 is 12.4 Å². The highest BCUT2D eigenvalue weighted by Gasteiger charge is 2.31. The predicted octanol–water partition coefficient (Wildman–Crippen LogP) is 2.53. The Morgan fingerprint density at radius 2 is 2.00 bits per heavy atom. The highest BCUT2D eigenvalue weighted by atomic mass is 35.5. The van der Waals surface area contributed by atoms with E-state index in [0.29, 0.717) is 5.41 Å². The van der Waals surface area contributed by atoms with Crippen LogP contribution < -0.4 is 5.32 Å². The zero-order valence-corrected chi connectivity index (χ0v) is 11.6. The van der Waals surface area contributed by atoms with Crippen molar-refractivity contribution >= 4 is 12.4 Å². The highest BCUT2D eigenvalue weighted by Crippen LogP contribution is 2.28. The SMILES string of the molecule is CCC1CCN(CC2(C)CCNC2)CC1.Cl. The molecule has 3 heteroatoms. The van der Waals surface area contributed by atoms with Gasteiger partial charge in [-0.3, -0.25) is 0 Å².